The van der Waals surface area contributed by atoms with Gasteiger partial charge in [-0.15, -0.1) is 5.10 Å². The molecule has 3 N–H and O–H groups in total. The summed E-state index contributed by atoms with van der Waals surface area (Å²) in [4.78, 5) is 15.6. The third-order valence-electron chi connectivity index (χ3n) is 2.01. The van der Waals surface area contributed by atoms with Crippen LogP contribution in [0.25, 0.3) is 0 Å². The summed E-state index contributed by atoms with van der Waals surface area (Å²) in [5.74, 6) is -0.324. The molecule has 1 aromatic heterocycles. The van der Waals surface area contributed by atoms with Gasteiger partial charge >= 0.3 is 0 Å². The van der Waals surface area contributed by atoms with Crippen LogP contribution in [0.15, 0.2) is 30.6 Å². The highest BCUT2D eigenvalue weighted by Crippen LogP contribution is 2.22. The number of hydrogen-bond acceptors (Lipinski definition) is 5. The predicted octanol–water partition coefficient (Wildman–Crippen LogP) is 1.36. The van der Waals surface area contributed by atoms with Crippen LogP contribution in [0.5, 0.6) is 0 Å². The van der Waals surface area contributed by atoms with Crippen LogP contribution in [-0.2, 0) is 0 Å². The number of aromatic nitrogens is 3. The van der Waals surface area contributed by atoms with E-state index in [1.165, 1.54) is 12.4 Å². The van der Waals surface area contributed by atoms with Crippen LogP contribution in [0.1, 0.15) is 10.4 Å². The number of amides is 1. The number of carbonyl (C=O) groups excluding carboxylic acids is 1. The van der Waals surface area contributed by atoms with Crippen molar-refractivity contribution in [2.24, 2.45) is 0 Å². The molecule has 0 saturated heterocycles. The Labute approximate surface area is 102 Å². The molecule has 2 rings (SSSR count). The lowest BCUT2D eigenvalue weighted by Crippen LogP contribution is -2.16. The molecule has 86 valence electrons. The molecule has 0 fully saturated rings. The Balaban J connectivity index is 2.24. The van der Waals surface area contributed by atoms with Crippen molar-refractivity contribution in [3.05, 3.63) is 41.2 Å². The molecule has 0 atom stereocenters. The van der Waals surface area contributed by atoms with Crippen LogP contribution in [0.4, 0.5) is 11.6 Å². The van der Waals surface area contributed by atoms with Gasteiger partial charge in [0.15, 0.2) is 0 Å². The molecule has 17 heavy (non-hydrogen) atoms. The van der Waals surface area contributed by atoms with Gasteiger partial charge in [0.25, 0.3) is 5.91 Å². The molecule has 6 nitrogen and oxygen atoms in total. The number of benzene rings is 1. The van der Waals surface area contributed by atoms with Gasteiger partial charge < -0.3 is 5.73 Å². The van der Waals surface area contributed by atoms with Crippen molar-refractivity contribution in [3.8, 4) is 0 Å². The molecule has 1 aromatic carbocycles. The number of nitrogens with one attached hydrogen (secondary N) is 1. The van der Waals surface area contributed by atoms with Crippen LogP contribution < -0.4 is 11.1 Å². The average Bonchev–Trinajstić information content (AvgIpc) is 2.34. The molecule has 0 bridgehead atoms. The zero-order valence-electron chi connectivity index (χ0n) is 8.59. The molecule has 0 unspecified atom stereocenters. The van der Waals surface area contributed by atoms with Gasteiger partial charge in [-0.2, -0.15) is 5.10 Å². The highest BCUT2D eigenvalue weighted by atomic mass is 35.5. The van der Waals surface area contributed by atoms with Crippen molar-refractivity contribution in [2.45, 2.75) is 0 Å². The van der Waals surface area contributed by atoms with Gasteiger partial charge in [0.2, 0.25) is 5.95 Å². The molecule has 2 aromatic rings. The second-order valence-electron chi connectivity index (χ2n) is 3.12. The molecule has 0 spiro atoms. The first-order valence-corrected chi connectivity index (χ1v) is 5.05. The van der Waals surface area contributed by atoms with E-state index in [0.717, 1.165) is 0 Å². The number of nitrogens with two attached hydrogens (primary N) is 1. The van der Waals surface area contributed by atoms with Gasteiger partial charge in [0, 0.05) is 0 Å². The van der Waals surface area contributed by atoms with Crippen molar-refractivity contribution in [2.75, 3.05) is 11.1 Å². The van der Waals surface area contributed by atoms with Crippen LogP contribution in [0.2, 0.25) is 5.02 Å². The summed E-state index contributed by atoms with van der Waals surface area (Å²) in [6, 6.07) is 4.80. The minimum absolute atomic E-state index is 0.108. The first-order valence-electron chi connectivity index (χ1n) is 4.67. The summed E-state index contributed by atoms with van der Waals surface area (Å²) in [7, 11) is 0. The minimum Gasteiger partial charge on any atom is -0.397 e. The summed E-state index contributed by atoms with van der Waals surface area (Å²) < 4.78 is 0. The summed E-state index contributed by atoms with van der Waals surface area (Å²) >= 11 is 5.81. The minimum atomic E-state index is -0.432. The van der Waals surface area contributed by atoms with Gasteiger partial charge in [-0.05, 0) is 12.1 Å². The van der Waals surface area contributed by atoms with Gasteiger partial charge in [-0.3, -0.25) is 10.1 Å². The number of nitrogens with zero attached hydrogens (tertiary/aromatic N) is 3. The first kappa shape index (κ1) is 11.3. The lowest BCUT2D eigenvalue weighted by atomic mass is 10.1. The van der Waals surface area contributed by atoms with E-state index in [1.54, 1.807) is 18.2 Å². The molecular weight excluding hydrogens is 242 g/mol. The maximum absolute atomic E-state index is 11.8. The number of rotatable bonds is 2. The fraction of sp³-hybridized carbons (Fsp3) is 0. The molecule has 0 aliphatic rings. The molecule has 1 amide bonds. The third-order valence-corrected chi connectivity index (χ3v) is 2.34. The number of para-hydroxylation sites is 1. The van der Waals surface area contributed by atoms with E-state index >= 15 is 0 Å². The van der Waals surface area contributed by atoms with Gasteiger partial charge in [-0.1, -0.05) is 17.7 Å². The Morgan fingerprint density at radius 3 is 2.88 bits per heavy atom. The number of carbonyl (C=O) groups is 1. The van der Waals surface area contributed by atoms with Gasteiger partial charge in [-0.25, -0.2) is 4.98 Å². The highest BCUT2D eigenvalue weighted by Gasteiger charge is 2.12. The lowest BCUT2D eigenvalue weighted by molar-refractivity contribution is 0.102. The van der Waals surface area contributed by atoms with Crippen molar-refractivity contribution < 1.29 is 4.79 Å². The lowest BCUT2D eigenvalue weighted by Gasteiger charge is -2.06. The van der Waals surface area contributed by atoms with Gasteiger partial charge in [0.05, 0.1) is 28.7 Å². The second kappa shape index (κ2) is 4.75. The topological polar surface area (TPSA) is 93.8 Å². The first-order chi connectivity index (χ1) is 8.18. The quantitative estimate of drug-likeness (QED) is 0.784. The maximum atomic E-state index is 11.8. The monoisotopic (exact) mass is 249 g/mol. The van der Waals surface area contributed by atoms with Crippen molar-refractivity contribution in [3.63, 3.8) is 0 Å². The van der Waals surface area contributed by atoms with E-state index in [0.29, 0.717) is 5.02 Å². The molecule has 7 heteroatoms. The summed E-state index contributed by atoms with van der Waals surface area (Å²) in [6.07, 6.45) is 2.83. The van der Waals surface area contributed by atoms with E-state index in [1.807, 2.05) is 0 Å². The van der Waals surface area contributed by atoms with E-state index in [4.69, 9.17) is 17.3 Å². The Morgan fingerprint density at radius 1 is 1.35 bits per heavy atom. The number of halogens is 1. The van der Waals surface area contributed by atoms with Crippen LogP contribution >= 0.6 is 11.6 Å². The van der Waals surface area contributed by atoms with Crippen LogP contribution in [-0.4, -0.2) is 21.1 Å². The van der Waals surface area contributed by atoms with Crippen LogP contribution in [0, 0.1) is 0 Å². The Bertz CT molecular complexity index is 546. The van der Waals surface area contributed by atoms with Crippen molar-refractivity contribution in [1.82, 2.24) is 15.2 Å². The molecule has 0 radical (unpaired) electrons. The number of nitrogen functional groups attached to an aromatic ring is 1. The molecule has 0 aliphatic carbocycles. The highest BCUT2D eigenvalue weighted by molar-refractivity contribution is 6.34. The normalized spacial score (nSPS) is 9.94. The largest absolute Gasteiger partial charge is 0.397 e. The van der Waals surface area contributed by atoms with Crippen LogP contribution in [0.3, 0.4) is 0 Å². The number of hydrogen-bond donors (Lipinski definition) is 2. The van der Waals surface area contributed by atoms with Gasteiger partial charge in [0.1, 0.15) is 0 Å². The zero-order valence-corrected chi connectivity index (χ0v) is 9.35. The predicted molar refractivity (Wildman–Crippen MR) is 63.6 cm³/mol. The molecule has 1 heterocycles. The van der Waals surface area contributed by atoms with E-state index in [2.05, 4.69) is 20.5 Å². The summed E-state index contributed by atoms with van der Waals surface area (Å²) in [6.45, 7) is 0. The average molecular weight is 250 g/mol. The summed E-state index contributed by atoms with van der Waals surface area (Å²) in [5, 5.41) is 10.0. The Morgan fingerprint density at radius 2 is 2.18 bits per heavy atom. The smallest absolute Gasteiger partial charge is 0.260 e. The molecule has 0 aliphatic heterocycles. The Kier molecular flexibility index (Phi) is 3.15. The molecular formula is C10H8ClN5O. The zero-order chi connectivity index (χ0) is 12.3. The Hall–Kier alpha value is -2.21. The standard InChI is InChI=1S/C10H8ClN5O/c11-7-3-1-2-6(8(7)12)9(17)15-10-13-4-5-14-16-10/h1-5H,12H2,(H,13,15,16,17). The summed E-state index contributed by atoms with van der Waals surface area (Å²) in [5.41, 5.74) is 6.17. The number of anilines is 2. The maximum Gasteiger partial charge on any atom is 0.260 e. The van der Waals surface area contributed by atoms with Crippen molar-refractivity contribution in [1.29, 1.82) is 0 Å². The fourth-order valence-corrected chi connectivity index (χ4v) is 1.38. The SMILES string of the molecule is Nc1c(Cl)cccc1C(=O)Nc1nccnn1. The third kappa shape index (κ3) is 2.48. The van der Waals surface area contributed by atoms with Crippen molar-refractivity contribution >= 4 is 29.1 Å². The van der Waals surface area contributed by atoms with E-state index in [9.17, 15) is 4.79 Å². The van der Waals surface area contributed by atoms with E-state index in [-0.39, 0.29) is 17.2 Å². The fourth-order valence-electron chi connectivity index (χ4n) is 1.21. The van der Waals surface area contributed by atoms with E-state index < -0.39 is 5.91 Å². The molecule has 0 saturated carbocycles. The second-order valence-corrected chi connectivity index (χ2v) is 3.53.